The third kappa shape index (κ3) is 4.10. The van der Waals surface area contributed by atoms with Crippen molar-refractivity contribution in [1.82, 2.24) is 0 Å². The van der Waals surface area contributed by atoms with Crippen molar-refractivity contribution >= 4 is 0 Å². The fourth-order valence-corrected chi connectivity index (χ4v) is 2.22. The van der Waals surface area contributed by atoms with E-state index in [2.05, 4.69) is 0 Å². The van der Waals surface area contributed by atoms with Gasteiger partial charge in [-0.1, -0.05) is 19.9 Å². The van der Waals surface area contributed by atoms with Crippen molar-refractivity contribution in [3.8, 4) is 11.5 Å². The first-order valence-corrected chi connectivity index (χ1v) is 7.28. The number of ether oxygens (including phenoxy) is 2. The van der Waals surface area contributed by atoms with Crippen LogP contribution in [-0.4, -0.2) is 19.8 Å². The molecule has 0 radical (unpaired) electrons. The second-order valence-corrected chi connectivity index (χ2v) is 5.12. The Bertz CT molecular complexity index is 409. The summed E-state index contributed by atoms with van der Waals surface area (Å²) in [5.74, 6) is 1.24. The predicted octanol–water partition coefficient (Wildman–Crippen LogP) is 3.73. The summed E-state index contributed by atoms with van der Waals surface area (Å²) in [4.78, 5) is 0. The van der Waals surface area contributed by atoms with Crippen molar-refractivity contribution in [1.29, 1.82) is 0 Å². The fourth-order valence-electron chi connectivity index (χ4n) is 2.22. The molecule has 20 heavy (non-hydrogen) atoms. The summed E-state index contributed by atoms with van der Waals surface area (Å²) in [6, 6.07) is 5.25. The molecule has 0 amide bonds. The SMILES string of the molecule is CCOc1ccc(C(F)C(CN)C(C)C)cc1OCC. The topological polar surface area (TPSA) is 44.5 Å². The zero-order valence-corrected chi connectivity index (χ0v) is 12.9. The summed E-state index contributed by atoms with van der Waals surface area (Å²) in [5, 5.41) is 0. The van der Waals surface area contributed by atoms with Crippen LogP contribution in [0.4, 0.5) is 4.39 Å². The molecule has 0 aliphatic heterocycles. The average Bonchev–Trinajstić information content (AvgIpc) is 2.41. The number of rotatable bonds is 8. The van der Waals surface area contributed by atoms with Crippen LogP contribution < -0.4 is 15.2 Å². The lowest BCUT2D eigenvalue weighted by Gasteiger charge is -2.24. The molecule has 2 atom stereocenters. The molecule has 2 unspecified atom stereocenters. The first-order valence-electron chi connectivity index (χ1n) is 7.28. The smallest absolute Gasteiger partial charge is 0.161 e. The number of hydrogen-bond acceptors (Lipinski definition) is 3. The highest BCUT2D eigenvalue weighted by molar-refractivity contribution is 5.43. The van der Waals surface area contributed by atoms with E-state index in [-0.39, 0.29) is 11.8 Å². The Morgan fingerprint density at radius 3 is 2.20 bits per heavy atom. The third-order valence-electron chi connectivity index (χ3n) is 3.39. The normalized spacial score (nSPS) is 14.2. The van der Waals surface area contributed by atoms with Gasteiger partial charge in [-0.15, -0.1) is 0 Å². The van der Waals surface area contributed by atoms with Crippen LogP contribution in [0, 0.1) is 11.8 Å². The van der Waals surface area contributed by atoms with Crippen molar-refractivity contribution in [3.63, 3.8) is 0 Å². The van der Waals surface area contributed by atoms with Gasteiger partial charge < -0.3 is 15.2 Å². The summed E-state index contributed by atoms with van der Waals surface area (Å²) < 4.78 is 25.6. The van der Waals surface area contributed by atoms with Crippen LogP contribution in [0.2, 0.25) is 0 Å². The molecule has 1 aromatic carbocycles. The van der Waals surface area contributed by atoms with E-state index in [9.17, 15) is 4.39 Å². The molecule has 114 valence electrons. The van der Waals surface area contributed by atoms with Crippen LogP contribution in [0.1, 0.15) is 39.4 Å². The van der Waals surface area contributed by atoms with E-state index < -0.39 is 6.17 Å². The van der Waals surface area contributed by atoms with Gasteiger partial charge in [-0.05, 0) is 44.0 Å². The standard InChI is InChI=1S/C16H26FNO2/c1-5-19-14-8-7-12(9-15(14)20-6-2)16(17)13(10-18)11(3)4/h7-9,11,13,16H,5-6,10,18H2,1-4H3. The highest BCUT2D eigenvalue weighted by Crippen LogP contribution is 2.36. The molecule has 0 saturated heterocycles. The Hall–Kier alpha value is -1.29. The molecule has 0 aliphatic carbocycles. The molecular weight excluding hydrogens is 257 g/mol. The van der Waals surface area contributed by atoms with Crippen molar-refractivity contribution in [3.05, 3.63) is 23.8 Å². The molecule has 0 fully saturated rings. The van der Waals surface area contributed by atoms with E-state index in [1.165, 1.54) is 0 Å². The summed E-state index contributed by atoms with van der Waals surface area (Å²) in [5.41, 5.74) is 6.29. The third-order valence-corrected chi connectivity index (χ3v) is 3.39. The maximum Gasteiger partial charge on any atom is 0.161 e. The van der Waals surface area contributed by atoms with E-state index in [0.29, 0.717) is 36.8 Å². The van der Waals surface area contributed by atoms with Crippen LogP contribution >= 0.6 is 0 Å². The lowest BCUT2D eigenvalue weighted by atomic mass is 9.87. The van der Waals surface area contributed by atoms with Gasteiger partial charge in [0.2, 0.25) is 0 Å². The Balaban J connectivity index is 3.03. The van der Waals surface area contributed by atoms with Crippen LogP contribution in [0.3, 0.4) is 0 Å². The molecule has 3 nitrogen and oxygen atoms in total. The van der Waals surface area contributed by atoms with Crippen molar-refractivity contribution in [2.24, 2.45) is 17.6 Å². The Labute approximate surface area is 121 Å². The monoisotopic (exact) mass is 283 g/mol. The van der Waals surface area contributed by atoms with Gasteiger partial charge in [-0.3, -0.25) is 0 Å². The Morgan fingerprint density at radius 2 is 1.70 bits per heavy atom. The molecule has 0 heterocycles. The minimum Gasteiger partial charge on any atom is -0.490 e. The van der Waals surface area contributed by atoms with Gasteiger partial charge in [-0.25, -0.2) is 4.39 Å². The van der Waals surface area contributed by atoms with Crippen molar-refractivity contribution in [2.75, 3.05) is 19.8 Å². The second kappa shape index (κ2) is 8.10. The maximum absolute atomic E-state index is 14.6. The summed E-state index contributed by atoms with van der Waals surface area (Å²) >= 11 is 0. The van der Waals surface area contributed by atoms with E-state index in [1.54, 1.807) is 18.2 Å². The quantitative estimate of drug-likeness (QED) is 0.790. The van der Waals surface area contributed by atoms with Crippen LogP contribution in [-0.2, 0) is 0 Å². The summed E-state index contributed by atoms with van der Waals surface area (Å²) in [7, 11) is 0. The minimum atomic E-state index is -1.09. The van der Waals surface area contributed by atoms with Crippen LogP contribution in [0.15, 0.2) is 18.2 Å². The van der Waals surface area contributed by atoms with Crippen molar-refractivity contribution < 1.29 is 13.9 Å². The van der Waals surface area contributed by atoms with Gasteiger partial charge in [0.05, 0.1) is 13.2 Å². The van der Waals surface area contributed by atoms with Gasteiger partial charge in [0.25, 0.3) is 0 Å². The average molecular weight is 283 g/mol. The number of benzene rings is 1. The number of halogens is 1. The Kier molecular flexibility index (Phi) is 6.79. The number of alkyl halides is 1. The molecular formula is C16H26FNO2. The van der Waals surface area contributed by atoms with Crippen molar-refractivity contribution in [2.45, 2.75) is 33.9 Å². The molecule has 0 bridgehead atoms. The van der Waals surface area contributed by atoms with E-state index >= 15 is 0 Å². The molecule has 1 aromatic rings. The number of nitrogens with two attached hydrogens (primary N) is 1. The lowest BCUT2D eigenvalue weighted by molar-refractivity contribution is 0.187. The second-order valence-electron chi connectivity index (χ2n) is 5.12. The lowest BCUT2D eigenvalue weighted by Crippen LogP contribution is -2.24. The molecule has 0 spiro atoms. The summed E-state index contributed by atoms with van der Waals surface area (Å²) in [6.07, 6.45) is -1.09. The van der Waals surface area contributed by atoms with Crippen LogP contribution in [0.25, 0.3) is 0 Å². The van der Waals surface area contributed by atoms with Crippen LogP contribution in [0.5, 0.6) is 11.5 Å². The van der Waals surface area contributed by atoms with Gasteiger partial charge in [0, 0.05) is 5.92 Å². The molecule has 0 aliphatic rings. The zero-order valence-electron chi connectivity index (χ0n) is 12.9. The van der Waals surface area contributed by atoms with E-state index in [1.807, 2.05) is 27.7 Å². The molecule has 4 heteroatoms. The van der Waals surface area contributed by atoms with Gasteiger partial charge in [0.15, 0.2) is 11.5 Å². The first-order chi connectivity index (χ1) is 9.54. The predicted molar refractivity (Wildman–Crippen MR) is 80.0 cm³/mol. The summed E-state index contributed by atoms with van der Waals surface area (Å²) in [6.45, 7) is 9.18. The number of hydrogen-bond donors (Lipinski definition) is 1. The molecule has 0 saturated carbocycles. The van der Waals surface area contributed by atoms with E-state index in [4.69, 9.17) is 15.2 Å². The maximum atomic E-state index is 14.6. The van der Waals surface area contributed by atoms with Gasteiger partial charge in [-0.2, -0.15) is 0 Å². The molecule has 0 aromatic heterocycles. The minimum absolute atomic E-state index is 0.192. The highest BCUT2D eigenvalue weighted by Gasteiger charge is 2.25. The first kappa shape index (κ1) is 16.8. The molecule has 2 N–H and O–H groups in total. The van der Waals surface area contributed by atoms with Gasteiger partial charge in [0.1, 0.15) is 6.17 Å². The van der Waals surface area contributed by atoms with E-state index in [0.717, 1.165) is 0 Å². The molecule has 1 rings (SSSR count). The van der Waals surface area contributed by atoms with Gasteiger partial charge >= 0.3 is 0 Å². The Morgan fingerprint density at radius 1 is 1.10 bits per heavy atom. The zero-order chi connectivity index (χ0) is 15.1. The highest BCUT2D eigenvalue weighted by atomic mass is 19.1. The largest absolute Gasteiger partial charge is 0.490 e. The fraction of sp³-hybridized carbons (Fsp3) is 0.625.